The van der Waals surface area contributed by atoms with Gasteiger partial charge in [0.05, 0.1) is 7.11 Å². The number of benzene rings is 5. The van der Waals surface area contributed by atoms with Gasteiger partial charge in [-0.3, -0.25) is 14.4 Å². The maximum Gasteiger partial charge on any atom is 0.272 e. The van der Waals surface area contributed by atoms with Crippen LogP contribution in [0.1, 0.15) is 26.7 Å². The van der Waals surface area contributed by atoms with Gasteiger partial charge in [-0.15, -0.1) is 11.8 Å². The van der Waals surface area contributed by atoms with Crippen molar-refractivity contribution in [3.8, 4) is 5.75 Å². The number of carbonyl (C=O) groups is 3. The monoisotopic (exact) mass is 652 g/mol. The van der Waals surface area contributed by atoms with Gasteiger partial charge in [-0.1, -0.05) is 72.8 Å². The largest absolute Gasteiger partial charge is 0.497 e. The number of fused-ring (bicyclic) bond motifs is 1. The number of amides is 3. The van der Waals surface area contributed by atoms with E-state index in [1.165, 1.54) is 11.8 Å². The summed E-state index contributed by atoms with van der Waals surface area (Å²) < 4.78 is 5.23. The summed E-state index contributed by atoms with van der Waals surface area (Å²) in [6.45, 7) is 0. The van der Waals surface area contributed by atoms with Gasteiger partial charge in [0.25, 0.3) is 11.8 Å². The molecular formula is C39H32N4O4S. The number of H-pyrrole nitrogens is 1. The highest BCUT2D eigenvalue weighted by Gasteiger charge is 2.23. The Balaban J connectivity index is 1.24. The number of methoxy groups -OCH3 is 1. The van der Waals surface area contributed by atoms with Crippen LogP contribution in [0.25, 0.3) is 17.0 Å². The van der Waals surface area contributed by atoms with Gasteiger partial charge in [-0.2, -0.15) is 0 Å². The summed E-state index contributed by atoms with van der Waals surface area (Å²) in [7, 11) is 1.59. The van der Waals surface area contributed by atoms with Crippen LogP contribution in [0.2, 0.25) is 0 Å². The molecular weight excluding hydrogens is 621 g/mol. The molecule has 1 aromatic heterocycles. The molecule has 6 rings (SSSR count). The second-order valence-electron chi connectivity index (χ2n) is 10.8. The number of carbonyl (C=O) groups excluding carboxylic acids is 3. The molecule has 0 aliphatic rings. The zero-order chi connectivity index (χ0) is 33.3. The van der Waals surface area contributed by atoms with Crippen LogP contribution in [0.5, 0.6) is 5.75 Å². The van der Waals surface area contributed by atoms with Crippen molar-refractivity contribution >= 4 is 57.8 Å². The summed E-state index contributed by atoms with van der Waals surface area (Å²) in [5, 5.41) is 9.07. The van der Waals surface area contributed by atoms with E-state index in [1.807, 2.05) is 78.9 Å². The number of nitrogens with one attached hydrogen (secondary N) is 4. The Morgan fingerprint density at radius 3 is 2.21 bits per heavy atom. The molecule has 0 bridgehead atoms. The van der Waals surface area contributed by atoms with Crippen molar-refractivity contribution in [1.29, 1.82) is 0 Å². The first-order chi connectivity index (χ1) is 23.5. The van der Waals surface area contributed by atoms with E-state index in [0.29, 0.717) is 22.7 Å². The Morgan fingerprint density at radius 1 is 0.750 bits per heavy atom. The summed E-state index contributed by atoms with van der Waals surface area (Å²) >= 11 is 1.36. The molecule has 0 saturated heterocycles. The Morgan fingerprint density at radius 2 is 1.46 bits per heavy atom. The molecule has 5 aromatic carbocycles. The minimum Gasteiger partial charge on any atom is -0.497 e. The minimum absolute atomic E-state index is 0.0766. The van der Waals surface area contributed by atoms with Crippen molar-refractivity contribution in [2.45, 2.75) is 10.1 Å². The third-order valence-electron chi connectivity index (χ3n) is 7.49. The average Bonchev–Trinajstić information content (AvgIpc) is 3.54. The lowest BCUT2D eigenvalue weighted by Crippen LogP contribution is -2.30. The SMILES string of the molecule is COc1ccc(NC(=O)C(Sc2cccc(NC(=O)/C(=C/c3c[nH]c4ccccc34)NC(=O)c3ccccc3)c2)c2ccccc2)cc1. The number of para-hydroxylation sites is 1. The van der Waals surface area contributed by atoms with Crippen molar-refractivity contribution in [2.75, 3.05) is 17.7 Å². The van der Waals surface area contributed by atoms with Crippen LogP contribution in [-0.4, -0.2) is 29.8 Å². The third-order valence-corrected chi connectivity index (χ3v) is 8.74. The molecule has 0 aliphatic heterocycles. The predicted octanol–water partition coefficient (Wildman–Crippen LogP) is 8.06. The van der Waals surface area contributed by atoms with Crippen LogP contribution in [-0.2, 0) is 9.59 Å². The van der Waals surface area contributed by atoms with E-state index in [0.717, 1.165) is 26.9 Å². The quantitative estimate of drug-likeness (QED) is 0.0836. The number of hydrogen-bond donors (Lipinski definition) is 4. The molecule has 48 heavy (non-hydrogen) atoms. The highest BCUT2D eigenvalue weighted by Crippen LogP contribution is 2.37. The van der Waals surface area contributed by atoms with E-state index in [9.17, 15) is 14.4 Å². The minimum atomic E-state index is -0.582. The van der Waals surface area contributed by atoms with Gasteiger partial charge in [0.2, 0.25) is 5.91 Å². The van der Waals surface area contributed by atoms with Gasteiger partial charge >= 0.3 is 0 Å². The summed E-state index contributed by atoms with van der Waals surface area (Å²) in [6, 6.07) is 40.4. The van der Waals surface area contributed by atoms with Crippen LogP contribution < -0.4 is 20.7 Å². The molecule has 238 valence electrons. The Labute approximate surface area is 282 Å². The Hall–Kier alpha value is -6.06. The third kappa shape index (κ3) is 7.83. The van der Waals surface area contributed by atoms with E-state index in [1.54, 1.807) is 74.0 Å². The first kappa shape index (κ1) is 31.9. The second-order valence-corrected chi connectivity index (χ2v) is 12.0. The van der Waals surface area contributed by atoms with Crippen molar-refractivity contribution in [3.05, 3.63) is 162 Å². The molecule has 0 saturated carbocycles. The lowest BCUT2D eigenvalue weighted by atomic mass is 10.1. The topological polar surface area (TPSA) is 112 Å². The molecule has 3 amide bonds. The summed E-state index contributed by atoms with van der Waals surface area (Å²) in [5.41, 5.74) is 4.15. The highest BCUT2D eigenvalue weighted by atomic mass is 32.2. The van der Waals surface area contributed by atoms with Crippen molar-refractivity contribution in [2.24, 2.45) is 0 Å². The lowest BCUT2D eigenvalue weighted by Gasteiger charge is -2.18. The van der Waals surface area contributed by atoms with E-state index in [4.69, 9.17) is 4.74 Å². The zero-order valence-corrected chi connectivity index (χ0v) is 26.8. The first-order valence-corrected chi connectivity index (χ1v) is 16.1. The number of aromatic amines is 1. The van der Waals surface area contributed by atoms with Crippen molar-refractivity contribution < 1.29 is 19.1 Å². The molecule has 4 N–H and O–H groups in total. The molecule has 1 atom stereocenters. The second kappa shape index (κ2) is 15.0. The molecule has 8 nitrogen and oxygen atoms in total. The molecule has 9 heteroatoms. The van der Waals surface area contributed by atoms with E-state index >= 15 is 0 Å². The maximum absolute atomic E-state index is 13.8. The van der Waals surface area contributed by atoms with Crippen LogP contribution in [0.3, 0.4) is 0 Å². The standard InChI is InChI=1S/C39H32N4O4S/c1-47-31-21-19-29(20-22-31)41-39(46)36(26-11-4-2-5-12-26)48-32-16-10-15-30(24-32)42-38(45)35(43-37(44)27-13-6-3-7-14-27)23-28-25-40-34-18-9-8-17-33(28)34/h2-25,36,40H,1H3,(H,41,46)(H,42,45)(H,43,44)/b35-23-. The van der Waals surface area contributed by atoms with Gasteiger partial charge in [0.15, 0.2) is 0 Å². The lowest BCUT2D eigenvalue weighted by molar-refractivity contribution is -0.116. The molecule has 0 fully saturated rings. The summed E-state index contributed by atoms with van der Waals surface area (Å²) in [4.78, 5) is 44.5. The number of thioether (sulfide) groups is 1. The fourth-order valence-corrected chi connectivity index (χ4v) is 6.16. The van der Waals surface area contributed by atoms with Crippen LogP contribution in [0.4, 0.5) is 11.4 Å². The number of ether oxygens (including phenoxy) is 1. The van der Waals surface area contributed by atoms with Gasteiger partial charge in [0.1, 0.15) is 16.7 Å². The van der Waals surface area contributed by atoms with Crippen LogP contribution in [0, 0.1) is 0 Å². The van der Waals surface area contributed by atoms with Gasteiger partial charge in [-0.05, 0) is 72.3 Å². The molecule has 1 heterocycles. The summed E-state index contributed by atoms with van der Waals surface area (Å²) in [5.74, 6) is -0.406. The van der Waals surface area contributed by atoms with Gasteiger partial charge in [0, 0.05) is 44.5 Å². The fraction of sp³-hybridized carbons (Fsp3) is 0.0513. The van der Waals surface area contributed by atoms with E-state index < -0.39 is 17.1 Å². The van der Waals surface area contributed by atoms with E-state index in [2.05, 4.69) is 20.9 Å². The van der Waals surface area contributed by atoms with Crippen molar-refractivity contribution in [3.63, 3.8) is 0 Å². The molecule has 0 radical (unpaired) electrons. The van der Waals surface area contributed by atoms with E-state index in [-0.39, 0.29) is 11.6 Å². The van der Waals surface area contributed by atoms with Crippen molar-refractivity contribution in [1.82, 2.24) is 10.3 Å². The number of aromatic nitrogens is 1. The van der Waals surface area contributed by atoms with Crippen LogP contribution >= 0.6 is 11.8 Å². The number of anilines is 2. The maximum atomic E-state index is 13.8. The van der Waals surface area contributed by atoms with Gasteiger partial charge in [-0.25, -0.2) is 0 Å². The fourth-order valence-electron chi connectivity index (χ4n) is 5.08. The molecule has 6 aromatic rings. The average molecular weight is 653 g/mol. The molecule has 0 spiro atoms. The molecule has 1 unspecified atom stereocenters. The highest BCUT2D eigenvalue weighted by molar-refractivity contribution is 8.00. The summed E-state index contributed by atoms with van der Waals surface area (Å²) in [6.07, 6.45) is 3.45. The predicted molar refractivity (Wildman–Crippen MR) is 192 cm³/mol. The first-order valence-electron chi connectivity index (χ1n) is 15.2. The number of rotatable bonds is 11. The smallest absolute Gasteiger partial charge is 0.272 e. The zero-order valence-electron chi connectivity index (χ0n) is 26.0. The Bertz CT molecular complexity index is 2080. The normalized spacial score (nSPS) is 11.8. The van der Waals surface area contributed by atoms with Crippen LogP contribution in [0.15, 0.2) is 150 Å². The Kier molecular flexibility index (Phi) is 9.98. The van der Waals surface area contributed by atoms with Gasteiger partial charge < -0.3 is 25.7 Å². The molecule has 0 aliphatic carbocycles. The number of hydrogen-bond acceptors (Lipinski definition) is 5.